The van der Waals surface area contributed by atoms with Crippen molar-refractivity contribution in [3.8, 4) is 0 Å². The van der Waals surface area contributed by atoms with Gasteiger partial charge in [0.25, 0.3) is 0 Å². The van der Waals surface area contributed by atoms with Gasteiger partial charge < -0.3 is 14.6 Å². The highest BCUT2D eigenvalue weighted by Crippen LogP contribution is 2.32. The Bertz CT molecular complexity index is 474. The van der Waals surface area contributed by atoms with Crippen LogP contribution in [0.1, 0.15) is 32.4 Å². The van der Waals surface area contributed by atoms with Crippen molar-refractivity contribution in [2.75, 3.05) is 26.2 Å². The molecule has 0 spiro atoms. The predicted molar refractivity (Wildman–Crippen MR) is 80.8 cm³/mol. The topological polar surface area (TPSA) is 48.7 Å². The van der Waals surface area contributed by atoms with Crippen LogP contribution in [0.3, 0.4) is 0 Å². The summed E-state index contributed by atoms with van der Waals surface area (Å²) in [4.78, 5) is 17.4. The molecule has 5 heteroatoms. The highest BCUT2D eigenvalue weighted by Gasteiger charge is 2.43. The molecule has 21 heavy (non-hydrogen) atoms. The Labute approximate surface area is 126 Å². The fourth-order valence-corrected chi connectivity index (χ4v) is 3.03. The predicted octanol–water partition coefficient (Wildman–Crippen LogP) is 1.45. The monoisotopic (exact) mass is 291 g/mol. The number of rotatable bonds is 5. The zero-order chi connectivity index (χ0) is 14.9. The van der Waals surface area contributed by atoms with Crippen LogP contribution in [0.2, 0.25) is 0 Å². The molecule has 5 nitrogen and oxygen atoms in total. The Morgan fingerprint density at radius 2 is 2.14 bits per heavy atom. The van der Waals surface area contributed by atoms with E-state index in [9.17, 15) is 4.79 Å². The third-order valence-corrected chi connectivity index (χ3v) is 4.59. The number of nitrogens with zero attached hydrogens (tertiary/aromatic N) is 2. The third-order valence-electron chi connectivity index (χ3n) is 4.59. The van der Waals surface area contributed by atoms with E-state index in [1.165, 1.54) is 0 Å². The average Bonchev–Trinajstić information content (AvgIpc) is 3.21. The number of furan rings is 1. The van der Waals surface area contributed by atoms with Gasteiger partial charge in [-0.1, -0.05) is 0 Å². The summed E-state index contributed by atoms with van der Waals surface area (Å²) in [5.41, 5.74) is -0.447. The molecule has 0 atom stereocenters. The van der Waals surface area contributed by atoms with Gasteiger partial charge in [0.1, 0.15) is 5.76 Å². The zero-order valence-corrected chi connectivity index (χ0v) is 13.0. The second-order valence-corrected chi connectivity index (χ2v) is 6.54. The van der Waals surface area contributed by atoms with Crippen molar-refractivity contribution in [1.82, 2.24) is 15.1 Å². The van der Waals surface area contributed by atoms with Crippen molar-refractivity contribution in [2.24, 2.45) is 0 Å². The molecule has 2 fully saturated rings. The Balaban J connectivity index is 1.73. The second-order valence-electron chi connectivity index (χ2n) is 6.54. The van der Waals surface area contributed by atoms with E-state index in [1.807, 2.05) is 17.0 Å². The molecular formula is C16H25N3O2. The molecule has 1 saturated heterocycles. The summed E-state index contributed by atoms with van der Waals surface area (Å²) in [6.07, 6.45) is 3.90. The molecule has 1 aromatic heterocycles. The van der Waals surface area contributed by atoms with Crippen molar-refractivity contribution in [2.45, 2.75) is 44.8 Å². The molecule has 2 aliphatic rings. The molecule has 0 bridgehead atoms. The van der Waals surface area contributed by atoms with Crippen LogP contribution in [-0.2, 0) is 11.3 Å². The van der Waals surface area contributed by atoms with Crippen molar-refractivity contribution < 1.29 is 9.21 Å². The smallest absolute Gasteiger partial charge is 0.243 e. The molecule has 2 heterocycles. The van der Waals surface area contributed by atoms with Gasteiger partial charge in [0.15, 0.2) is 0 Å². The molecule has 0 radical (unpaired) electrons. The van der Waals surface area contributed by atoms with Gasteiger partial charge in [0.05, 0.1) is 18.3 Å². The molecule has 3 rings (SSSR count). The van der Waals surface area contributed by atoms with Crippen LogP contribution >= 0.6 is 0 Å². The van der Waals surface area contributed by atoms with Gasteiger partial charge in [-0.05, 0) is 38.8 Å². The van der Waals surface area contributed by atoms with E-state index in [0.29, 0.717) is 12.6 Å². The van der Waals surface area contributed by atoms with E-state index in [1.54, 1.807) is 6.26 Å². The largest absolute Gasteiger partial charge is 0.467 e. The molecule has 1 aromatic rings. The maximum Gasteiger partial charge on any atom is 0.243 e. The van der Waals surface area contributed by atoms with E-state index in [4.69, 9.17) is 4.42 Å². The molecular weight excluding hydrogens is 266 g/mol. The van der Waals surface area contributed by atoms with Gasteiger partial charge in [0.2, 0.25) is 5.91 Å². The molecule has 116 valence electrons. The van der Waals surface area contributed by atoms with E-state index in [0.717, 1.165) is 44.8 Å². The summed E-state index contributed by atoms with van der Waals surface area (Å²) < 4.78 is 5.43. The normalized spacial score (nSPS) is 20.5. The lowest BCUT2D eigenvalue weighted by Crippen LogP contribution is -2.60. The van der Waals surface area contributed by atoms with Crippen molar-refractivity contribution in [3.63, 3.8) is 0 Å². The minimum Gasteiger partial charge on any atom is -0.467 e. The number of carbonyl (C=O) groups excluding carboxylic acids is 1. The molecule has 1 aliphatic carbocycles. The lowest BCUT2D eigenvalue weighted by atomic mass is 9.99. The van der Waals surface area contributed by atoms with Crippen LogP contribution in [0.25, 0.3) is 0 Å². The van der Waals surface area contributed by atoms with Crippen LogP contribution in [0, 0.1) is 0 Å². The quantitative estimate of drug-likeness (QED) is 0.892. The zero-order valence-electron chi connectivity index (χ0n) is 13.0. The van der Waals surface area contributed by atoms with Crippen LogP contribution in [0.15, 0.2) is 22.8 Å². The number of hydrogen-bond donors (Lipinski definition) is 1. The fourth-order valence-electron chi connectivity index (χ4n) is 3.03. The Morgan fingerprint density at radius 1 is 1.43 bits per heavy atom. The summed E-state index contributed by atoms with van der Waals surface area (Å²) in [6.45, 7) is 8.47. The number of amides is 1. The van der Waals surface area contributed by atoms with Gasteiger partial charge in [-0.15, -0.1) is 0 Å². The van der Waals surface area contributed by atoms with Gasteiger partial charge in [-0.25, -0.2) is 0 Å². The first-order valence-corrected chi connectivity index (χ1v) is 7.88. The summed E-state index contributed by atoms with van der Waals surface area (Å²) in [5.74, 6) is 1.09. The standard InChI is InChI=1S/C16H25N3O2/c1-16(2,18-9-7-17-8-10-18)15(20)19(13-5-6-13)12-14-4-3-11-21-14/h3-4,11,13,17H,5-10,12H2,1-2H3. The Kier molecular flexibility index (Phi) is 4.04. The summed E-state index contributed by atoms with van der Waals surface area (Å²) in [7, 11) is 0. The first-order valence-electron chi connectivity index (χ1n) is 7.88. The Hall–Kier alpha value is -1.33. The second kappa shape index (κ2) is 5.81. The molecule has 1 saturated carbocycles. The van der Waals surface area contributed by atoms with Gasteiger partial charge in [-0.3, -0.25) is 9.69 Å². The SMILES string of the molecule is CC(C)(C(=O)N(Cc1ccco1)C1CC1)N1CCNCC1. The molecule has 0 unspecified atom stereocenters. The maximum absolute atomic E-state index is 13.1. The molecule has 0 aromatic carbocycles. The first-order chi connectivity index (χ1) is 10.1. The van der Waals surface area contributed by atoms with E-state index >= 15 is 0 Å². The van der Waals surface area contributed by atoms with Crippen LogP contribution in [0.4, 0.5) is 0 Å². The lowest BCUT2D eigenvalue weighted by Gasteiger charge is -2.42. The minimum absolute atomic E-state index is 0.225. The van der Waals surface area contributed by atoms with Gasteiger partial charge in [0, 0.05) is 32.2 Å². The van der Waals surface area contributed by atoms with Crippen LogP contribution in [0.5, 0.6) is 0 Å². The van der Waals surface area contributed by atoms with E-state index in [-0.39, 0.29) is 5.91 Å². The minimum atomic E-state index is -0.447. The molecule has 1 N–H and O–H groups in total. The van der Waals surface area contributed by atoms with Gasteiger partial charge >= 0.3 is 0 Å². The average molecular weight is 291 g/mol. The van der Waals surface area contributed by atoms with E-state index in [2.05, 4.69) is 24.1 Å². The highest BCUT2D eigenvalue weighted by atomic mass is 16.3. The number of hydrogen-bond acceptors (Lipinski definition) is 4. The summed E-state index contributed by atoms with van der Waals surface area (Å²) in [6, 6.07) is 4.22. The summed E-state index contributed by atoms with van der Waals surface area (Å²) in [5, 5.41) is 3.34. The van der Waals surface area contributed by atoms with Crippen molar-refractivity contribution in [1.29, 1.82) is 0 Å². The Morgan fingerprint density at radius 3 is 2.71 bits per heavy atom. The number of piperazine rings is 1. The first kappa shape index (κ1) is 14.6. The third kappa shape index (κ3) is 3.14. The lowest BCUT2D eigenvalue weighted by molar-refractivity contribution is -0.144. The molecule has 1 amide bonds. The van der Waals surface area contributed by atoms with Gasteiger partial charge in [-0.2, -0.15) is 0 Å². The van der Waals surface area contributed by atoms with E-state index < -0.39 is 5.54 Å². The molecule has 1 aliphatic heterocycles. The summed E-state index contributed by atoms with van der Waals surface area (Å²) >= 11 is 0. The number of nitrogens with one attached hydrogen (secondary N) is 1. The number of carbonyl (C=O) groups is 1. The maximum atomic E-state index is 13.1. The van der Waals surface area contributed by atoms with Crippen molar-refractivity contribution >= 4 is 5.91 Å². The van der Waals surface area contributed by atoms with Crippen LogP contribution < -0.4 is 5.32 Å². The highest BCUT2D eigenvalue weighted by molar-refractivity contribution is 5.86. The fraction of sp³-hybridized carbons (Fsp3) is 0.688. The van der Waals surface area contributed by atoms with Crippen molar-refractivity contribution in [3.05, 3.63) is 24.2 Å². The van der Waals surface area contributed by atoms with Crippen LogP contribution in [-0.4, -0.2) is 53.5 Å².